The van der Waals surface area contributed by atoms with Gasteiger partial charge in [0.2, 0.25) is 5.43 Å². The summed E-state index contributed by atoms with van der Waals surface area (Å²) < 4.78 is 13.1. The molecule has 0 saturated heterocycles. The number of carbonyl (C=O) groups is 1. The van der Waals surface area contributed by atoms with Gasteiger partial charge in [0.1, 0.15) is 19.0 Å². The van der Waals surface area contributed by atoms with Gasteiger partial charge in [-0.25, -0.2) is 0 Å². The molecule has 1 N–H and O–H groups in total. The topological polar surface area (TPSA) is 69.6 Å². The van der Waals surface area contributed by atoms with Crippen LogP contribution in [0.3, 0.4) is 0 Å². The Kier molecular flexibility index (Phi) is 5.33. The first-order chi connectivity index (χ1) is 14.1. The standard InChI is InChI=1S/C23H22N2O4/c1-25-12-11-19(26)22(29-14-16-7-3-2-4-8-16)21(25)23(27)24-18-13-17-9-5-6-10-20(17)28-15-18/h2-12,18H,13-15H2,1H3,(H,24,27). The Morgan fingerprint density at radius 3 is 2.72 bits per heavy atom. The minimum Gasteiger partial charge on any atom is -0.491 e. The van der Waals surface area contributed by atoms with Gasteiger partial charge in [-0.1, -0.05) is 48.5 Å². The molecule has 0 spiro atoms. The average molecular weight is 390 g/mol. The van der Waals surface area contributed by atoms with E-state index in [2.05, 4.69) is 5.32 Å². The zero-order valence-electron chi connectivity index (χ0n) is 16.1. The van der Waals surface area contributed by atoms with E-state index in [0.29, 0.717) is 13.0 Å². The maximum absolute atomic E-state index is 13.0. The monoisotopic (exact) mass is 390 g/mol. The van der Waals surface area contributed by atoms with Gasteiger partial charge in [0.05, 0.1) is 6.04 Å². The Labute approximate surface area is 168 Å². The number of hydrogen-bond donors (Lipinski definition) is 1. The highest BCUT2D eigenvalue weighted by atomic mass is 16.5. The predicted octanol–water partition coefficient (Wildman–Crippen LogP) is 2.70. The molecule has 1 aromatic heterocycles. The molecule has 3 aromatic rings. The van der Waals surface area contributed by atoms with E-state index < -0.39 is 0 Å². The smallest absolute Gasteiger partial charge is 0.272 e. The highest BCUT2D eigenvalue weighted by Gasteiger charge is 2.25. The van der Waals surface area contributed by atoms with Crippen LogP contribution in [0.2, 0.25) is 0 Å². The van der Waals surface area contributed by atoms with E-state index >= 15 is 0 Å². The van der Waals surface area contributed by atoms with Crippen LogP contribution in [-0.2, 0) is 20.1 Å². The largest absolute Gasteiger partial charge is 0.491 e. The second-order valence-corrected chi connectivity index (χ2v) is 7.04. The lowest BCUT2D eigenvalue weighted by molar-refractivity contribution is 0.0900. The van der Waals surface area contributed by atoms with Crippen LogP contribution in [0.4, 0.5) is 0 Å². The van der Waals surface area contributed by atoms with Crippen LogP contribution < -0.4 is 20.2 Å². The number of ether oxygens (including phenoxy) is 2. The highest BCUT2D eigenvalue weighted by Crippen LogP contribution is 2.24. The number of rotatable bonds is 5. The number of para-hydroxylation sites is 1. The number of aryl methyl sites for hydroxylation is 1. The molecule has 1 aliphatic heterocycles. The normalized spacial score (nSPS) is 15.1. The van der Waals surface area contributed by atoms with Crippen molar-refractivity contribution in [2.24, 2.45) is 7.05 Å². The molecule has 1 amide bonds. The first kappa shape index (κ1) is 18.8. The summed E-state index contributed by atoms with van der Waals surface area (Å²) in [7, 11) is 1.72. The number of aromatic nitrogens is 1. The number of fused-ring (bicyclic) bond motifs is 1. The lowest BCUT2D eigenvalue weighted by atomic mass is 10.0. The van der Waals surface area contributed by atoms with Gasteiger partial charge in [-0.15, -0.1) is 0 Å². The lowest BCUT2D eigenvalue weighted by Gasteiger charge is -2.26. The van der Waals surface area contributed by atoms with Gasteiger partial charge in [-0.2, -0.15) is 0 Å². The maximum Gasteiger partial charge on any atom is 0.272 e. The van der Waals surface area contributed by atoms with E-state index in [-0.39, 0.29) is 35.4 Å². The van der Waals surface area contributed by atoms with Crippen molar-refractivity contribution < 1.29 is 14.3 Å². The summed E-state index contributed by atoms with van der Waals surface area (Å²) >= 11 is 0. The summed E-state index contributed by atoms with van der Waals surface area (Å²) in [5.41, 5.74) is 1.84. The lowest BCUT2D eigenvalue weighted by Crippen LogP contribution is -2.43. The molecule has 0 fully saturated rings. The third-order valence-electron chi connectivity index (χ3n) is 4.90. The first-order valence-electron chi connectivity index (χ1n) is 9.50. The summed E-state index contributed by atoms with van der Waals surface area (Å²) in [6.45, 7) is 0.587. The van der Waals surface area contributed by atoms with E-state index in [4.69, 9.17) is 9.47 Å². The van der Waals surface area contributed by atoms with Crippen LogP contribution in [0.5, 0.6) is 11.5 Å². The Bertz CT molecular complexity index is 1080. The zero-order valence-corrected chi connectivity index (χ0v) is 16.1. The van der Waals surface area contributed by atoms with Gasteiger partial charge in [-0.05, 0) is 23.6 Å². The van der Waals surface area contributed by atoms with Crippen LogP contribution in [0.25, 0.3) is 0 Å². The van der Waals surface area contributed by atoms with Crippen molar-refractivity contribution in [2.75, 3.05) is 6.61 Å². The Morgan fingerprint density at radius 2 is 1.90 bits per heavy atom. The molecule has 29 heavy (non-hydrogen) atoms. The molecule has 0 bridgehead atoms. The molecule has 1 aliphatic rings. The maximum atomic E-state index is 13.0. The molecular formula is C23H22N2O4. The molecule has 0 radical (unpaired) electrons. The fourth-order valence-electron chi connectivity index (χ4n) is 3.41. The molecule has 6 nitrogen and oxygen atoms in total. The highest BCUT2D eigenvalue weighted by molar-refractivity contribution is 5.95. The van der Waals surface area contributed by atoms with E-state index in [1.807, 2.05) is 54.6 Å². The fraction of sp³-hybridized carbons (Fsp3) is 0.217. The molecule has 2 aromatic carbocycles. The van der Waals surface area contributed by atoms with Gasteiger partial charge in [0.25, 0.3) is 5.91 Å². The van der Waals surface area contributed by atoms with Gasteiger partial charge in [0, 0.05) is 19.3 Å². The van der Waals surface area contributed by atoms with Crippen molar-refractivity contribution in [3.8, 4) is 11.5 Å². The SMILES string of the molecule is Cn1ccc(=O)c(OCc2ccccc2)c1C(=O)NC1COc2ccccc2C1. The molecule has 1 atom stereocenters. The third-order valence-corrected chi connectivity index (χ3v) is 4.90. The Balaban J connectivity index is 1.53. The molecule has 0 saturated carbocycles. The van der Waals surface area contributed by atoms with Crippen LogP contribution in [0.1, 0.15) is 21.6 Å². The van der Waals surface area contributed by atoms with Crippen molar-refractivity contribution in [2.45, 2.75) is 19.1 Å². The molecular weight excluding hydrogens is 368 g/mol. The fourth-order valence-corrected chi connectivity index (χ4v) is 3.41. The minimum atomic E-state index is -0.360. The summed E-state index contributed by atoms with van der Waals surface area (Å²) in [5.74, 6) is 0.534. The summed E-state index contributed by atoms with van der Waals surface area (Å²) in [4.78, 5) is 25.5. The van der Waals surface area contributed by atoms with Crippen molar-refractivity contribution >= 4 is 5.91 Å². The van der Waals surface area contributed by atoms with E-state index in [9.17, 15) is 9.59 Å². The second-order valence-electron chi connectivity index (χ2n) is 7.04. The third kappa shape index (κ3) is 4.16. The van der Waals surface area contributed by atoms with Crippen molar-refractivity contribution in [1.29, 1.82) is 0 Å². The van der Waals surface area contributed by atoms with Crippen molar-refractivity contribution in [3.63, 3.8) is 0 Å². The molecule has 4 rings (SSSR count). The average Bonchev–Trinajstić information content (AvgIpc) is 2.74. The van der Waals surface area contributed by atoms with Crippen LogP contribution >= 0.6 is 0 Å². The zero-order chi connectivity index (χ0) is 20.2. The van der Waals surface area contributed by atoms with Crippen LogP contribution in [-0.4, -0.2) is 23.1 Å². The van der Waals surface area contributed by atoms with Gasteiger partial charge in [0.15, 0.2) is 11.4 Å². The van der Waals surface area contributed by atoms with Gasteiger partial charge >= 0.3 is 0 Å². The number of amides is 1. The van der Waals surface area contributed by atoms with E-state index in [0.717, 1.165) is 16.9 Å². The van der Waals surface area contributed by atoms with Gasteiger partial charge < -0.3 is 19.4 Å². The predicted molar refractivity (Wildman–Crippen MR) is 109 cm³/mol. The summed E-state index contributed by atoms with van der Waals surface area (Å²) in [6, 6.07) is 18.5. The van der Waals surface area contributed by atoms with E-state index in [1.165, 1.54) is 6.07 Å². The number of carbonyl (C=O) groups excluding carboxylic acids is 1. The van der Waals surface area contributed by atoms with Crippen molar-refractivity contribution in [1.82, 2.24) is 9.88 Å². The number of benzene rings is 2. The first-order valence-corrected chi connectivity index (χ1v) is 9.50. The van der Waals surface area contributed by atoms with E-state index in [1.54, 1.807) is 17.8 Å². The molecule has 6 heteroatoms. The summed E-state index contributed by atoms with van der Waals surface area (Å²) in [6.07, 6.45) is 2.24. The number of pyridine rings is 1. The number of nitrogens with one attached hydrogen (secondary N) is 1. The minimum absolute atomic E-state index is 0.0495. The van der Waals surface area contributed by atoms with Gasteiger partial charge in [-0.3, -0.25) is 9.59 Å². The molecule has 148 valence electrons. The van der Waals surface area contributed by atoms with Crippen LogP contribution in [0.15, 0.2) is 71.7 Å². The number of nitrogens with zero attached hydrogens (tertiary/aromatic N) is 1. The molecule has 0 aliphatic carbocycles. The van der Waals surface area contributed by atoms with Crippen molar-refractivity contribution in [3.05, 3.63) is 93.9 Å². The quantitative estimate of drug-likeness (QED) is 0.727. The number of hydrogen-bond acceptors (Lipinski definition) is 4. The Morgan fingerprint density at radius 1 is 1.14 bits per heavy atom. The molecule has 1 unspecified atom stereocenters. The summed E-state index contributed by atoms with van der Waals surface area (Å²) in [5, 5.41) is 2.98. The molecule has 2 heterocycles. The van der Waals surface area contributed by atoms with Crippen LogP contribution in [0, 0.1) is 0 Å². The second kappa shape index (κ2) is 8.22. The Hall–Kier alpha value is -3.54.